The maximum atomic E-state index is 12.3. The van der Waals surface area contributed by atoms with Gasteiger partial charge >= 0.3 is 0 Å². The van der Waals surface area contributed by atoms with Crippen molar-refractivity contribution < 1.29 is 14.3 Å². The van der Waals surface area contributed by atoms with E-state index in [0.717, 1.165) is 49.1 Å². The third-order valence-electron chi connectivity index (χ3n) is 4.46. The molecule has 1 aromatic rings. The lowest BCUT2D eigenvalue weighted by Crippen LogP contribution is -2.31. The van der Waals surface area contributed by atoms with E-state index in [0.29, 0.717) is 12.8 Å². The Morgan fingerprint density at radius 2 is 2.24 bits per heavy atom. The van der Waals surface area contributed by atoms with Crippen LogP contribution in [0, 0.1) is 0 Å². The van der Waals surface area contributed by atoms with Crippen LogP contribution in [0.15, 0.2) is 18.2 Å². The Morgan fingerprint density at radius 3 is 3.00 bits per heavy atom. The zero-order valence-electron chi connectivity index (χ0n) is 12.4. The Balaban J connectivity index is 1.68. The molecule has 2 heterocycles. The van der Waals surface area contributed by atoms with Gasteiger partial charge in [-0.3, -0.25) is 9.59 Å². The van der Waals surface area contributed by atoms with Gasteiger partial charge in [0.25, 0.3) is 0 Å². The smallest absolute Gasteiger partial charge is 0.227 e. The number of fused-ring (bicyclic) bond motifs is 1. The van der Waals surface area contributed by atoms with Crippen molar-refractivity contribution in [2.45, 2.75) is 44.6 Å². The summed E-state index contributed by atoms with van der Waals surface area (Å²) in [6.07, 6.45) is 5.05. The van der Waals surface area contributed by atoms with E-state index >= 15 is 0 Å². The Bertz CT molecular complexity index is 561. The van der Waals surface area contributed by atoms with E-state index in [1.807, 2.05) is 18.2 Å². The SMILES string of the molecule is CN1C(=O)CCc2cc(C(=O)CCC3CCCO3)ccc21. The lowest BCUT2D eigenvalue weighted by Gasteiger charge is -2.26. The first kappa shape index (κ1) is 14.3. The minimum absolute atomic E-state index is 0.139. The second-order valence-corrected chi connectivity index (χ2v) is 5.89. The summed E-state index contributed by atoms with van der Waals surface area (Å²) < 4.78 is 5.56. The lowest BCUT2D eigenvalue weighted by molar-refractivity contribution is -0.118. The van der Waals surface area contributed by atoms with E-state index in [9.17, 15) is 9.59 Å². The van der Waals surface area contributed by atoms with Gasteiger partial charge in [-0.25, -0.2) is 0 Å². The number of nitrogens with zero attached hydrogens (tertiary/aromatic N) is 1. The monoisotopic (exact) mass is 287 g/mol. The number of Topliss-reactive ketones (excluding diaryl/α,β-unsaturated/α-hetero) is 1. The molecule has 0 N–H and O–H groups in total. The number of carbonyl (C=O) groups is 2. The molecule has 0 bridgehead atoms. The Labute approximate surface area is 125 Å². The van der Waals surface area contributed by atoms with Crippen LogP contribution >= 0.6 is 0 Å². The Morgan fingerprint density at radius 1 is 1.38 bits per heavy atom. The minimum Gasteiger partial charge on any atom is -0.378 e. The first-order chi connectivity index (χ1) is 10.1. The number of hydrogen-bond donors (Lipinski definition) is 0. The summed E-state index contributed by atoms with van der Waals surface area (Å²) in [7, 11) is 1.79. The number of benzene rings is 1. The van der Waals surface area contributed by atoms with Crippen molar-refractivity contribution in [1.29, 1.82) is 0 Å². The summed E-state index contributed by atoms with van der Waals surface area (Å²) in [5.74, 6) is 0.313. The number of hydrogen-bond acceptors (Lipinski definition) is 3. The fraction of sp³-hybridized carbons (Fsp3) is 0.529. The molecule has 1 fully saturated rings. The van der Waals surface area contributed by atoms with Gasteiger partial charge in [-0.1, -0.05) is 0 Å². The highest BCUT2D eigenvalue weighted by molar-refractivity contribution is 5.99. The number of ketones is 1. The van der Waals surface area contributed by atoms with Gasteiger partial charge in [0.1, 0.15) is 0 Å². The summed E-state index contributed by atoms with van der Waals surface area (Å²) in [6, 6.07) is 5.69. The van der Waals surface area contributed by atoms with Crippen molar-refractivity contribution in [1.82, 2.24) is 0 Å². The van der Waals surface area contributed by atoms with E-state index in [4.69, 9.17) is 4.74 Å². The summed E-state index contributed by atoms with van der Waals surface area (Å²) in [6.45, 7) is 0.831. The predicted molar refractivity (Wildman–Crippen MR) is 80.7 cm³/mol. The van der Waals surface area contributed by atoms with E-state index in [1.54, 1.807) is 11.9 Å². The molecule has 0 saturated carbocycles. The average molecular weight is 287 g/mol. The first-order valence-corrected chi connectivity index (χ1v) is 7.69. The largest absolute Gasteiger partial charge is 0.378 e. The molecule has 1 aromatic carbocycles. The number of carbonyl (C=O) groups excluding carboxylic acids is 2. The summed E-state index contributed by atoms with van der Waals surface area (Å²) in [5, 5.41) is 0. The second kappa shape index (κ2) is 5.98. The quantitative estimate of drug-likeness (QED) is 0.800. The van der Waals surface area contributed by atoms with Crippen LogP contribution in [0.5, 0.6) is 0 Å². The van der Waals surface area contributed by atoms with Crippen molar-refractivity contribution >= 4 is 17.4 Å². The molecule has 4 heteroatoms. The highest BCUT2D eigenvalue weighted by Crippen LogP contribution is 2.28. The Hall–Kier alpha value is -1.68. The topological polar surface area (TPSA) is 46.6 Å². The number of aryl methyl sites for hydroxylation is 1. The van der Waals surface area contributed by atoms with Crippen molar-refractivity contribution in [3.8, 4) is 0 Å². The standard InChI is InChI=1S/C17H21NO3/c1-18-15-7-4-13(11-12(15)5-9-17(18)20)16(19)8-6-14-3-2-10-21-14/h4,7,11,14H,2-3,5-6,8-10H2,1H3. The molecule has 1 amide bonds. The summed E-state index contributed by atoms with van der Waals surface area (Å²) in [5.41, 5.74) is 2.79. The molecule has 1 atom stereocenters. The molecule has 1 saturated heterocycles. The molecule has 21 heavy (non-hydrogen) atoms. The van der Waals surface area contributed by atoms with Gasteiger partial charge < -0.3 is 9.64 Å². The van der Waals surface area contributed by atoms with E-state index < -0.39 is 0 Å². The van der Waals surface area contributed by atoms with Crippen LogP contribution in [0.25, 0.3) is 0 Å². The second-order valence-electron chi connectivity index (χ2n) is 5.89. The maximum absolute atomic E-state index is 12.3. The molecule has 4 nitrogen and oxygen atoms in total. The van der Waals surface area contributed by atoms with E-state index in [1.165, 1.54) is 0 Å². The maximum Gasteiger partial charge on any atom is 0.227 e. The van der Waals surface area contributed by atoms with Crippen LogP contribution in [0.4, 0.5) is 5.69 Å². The summed E-state index contributed by atoms with van der Waals surface area (Å²) in [4.78, 5) is 25.6. The average Bonchev–Trinajstić information content (AvgIpc) is 3.01. The highest BCUT2D eigenvalue weighted by atomic mass is 16.5. The molecule has 3 rings (SSSR count). The molecule has 2 aliphatic heterocycles. The van der Waals surface area contributed by atoms with Crippen molar-refractivity contribution in [3.63, 3.8) is 0 Å². The molecular formula is C17H21NO3. The van der Waals surface area contributed by atoms with Crippen LogP contribution in [-0.2, 0) is 16.0 Å². The van der Waals surface area contributed by atoms with Crippen molar-refractivity contribution in [2.24, 2.45) is 0 Å². The zero-order chi connectivity index (χ0) is 14.8. The minimum atomic E-state index is 0.139. The first-order valence-electron chi connectivity index (χ1n) is 7.69. The van der Waals surface area contributed by atoms with Crippen molar-refractivity contribution in [2.75, 3.05) is 18.6 Å². The van der Waals surface area contributed by atoms with Crippen LogP contribution in [-0.4, -0.2) is 31.4 Å². The van der Waals surface area contributed by atoms with Crippen LogP contribution < -0.4 is 4.90 Å². The van der Waals surface area contributed by atoms with Gasteiger partial charge in [-0.15, -0.1) is 0 Å². The van der Waals surface area contributed by atoms with Gasteiger partial charge in [-0.2, -0.15) is 0 Å². The molecule has 0 radical (unpaired) electrons. The molecule has 0 spiro atoms. The molecule has 112 valence electrons. The van der Waals surface area contributed by atoms with Gasteiger partial charge in [0.15, 0.2) is 5.78 Å². The van der Waals surface area contributed by atoms with Crippen LogP contribution in [0.1, 0.15) is 48.0 Å². The van der Waals surface area contributed by atoms with Gasteiger partial charge in [-0.05, 0) is 49.4 Å². The molecule has 0 aromatic heterocycles. The molecule has 2 aliphatic rings. The molecule has 0 aliphatic carbocycles. The van der Waals surface area contributed by atoms with Gasteiger partial charge in [0.05, 0.1) is 6.10 Å². The van der Waals surface area contributed by atoms with Gasteiger partial charge in [0, 0.05) is 37.7 Å². The molecular weight excluding hydrogens is 266 g/mol. The summed E-state index contributed by atoms with van der Waals surface area (Å²) >= 11 is 0. The third-order valence-corrected chi connectivity index (χ3v) is 4.46. The van der Waals surface area contributed by atoms with E-state index in [-0.39, 0.29) is 17.8 Å². The van der Waals surface area contributed by atoms with Gasteiger partial charge in [0.2, 0.25) is 5.91 Å². The van der Waals surface area contributed by atoms with Crippen LogP contribution in [0.3, 0.4) is 0 Å². The Kier molecular flexibility index (Phi) is 4.06. The number of rotatable bonds is 4. The normalized spacial score (nSPS) is 21.5. The fourth-order valence-electron chi connectivity index (χ4n) is 3.14. The lowest BCUT2D eigenvalue weighted by atomic mass is 9.96. The van der Waals surface area contributed by atoms with Crippen molar-refractivity contribution in [3.05, 3.63) is 29.3 Å². The number of anilines is 1. The fourth-order valence-corrected chi connectivity index (χ4v) is 3.14. The zero-order valence-corrected chi connectivity index (χ0v) is 12.4. The third kappa shape index (κ3) is 3.00. The number of ether oxygens (including phenoxy) is 1. The predicted octanol–water partition coefficient (Wildman–Crippen LogP) is 2.74. The van der Waals surface area contributed by atoms with Crippen LogP contribution in [0.2, 0.25) is 0 Å². The highest BCUT2D eigenvalue weighted by Gasteiger charge is 2.22. The van der Waals surface area contributed by atoms with E-state index in [2.05, 4.69) is 0 Å². The number of amides is 1. The molecule has 1 unspecified atom stereocenters.